The maximum Gasteiger partial charge on any atom is 0.125 e. The highest BCUT2D eigenvalue weighted by atomic mass is 16.5. The molecule has 4 nitrogen and oxygen atoms in total. The number of benzene rings is 1. The van der Waals surface area contributed by atoms with Gasteiger partial charge >= 0.3 is 0 Å². The molecule has 3 rings (SSSR count). The fraction of sp³-hybridized carbons (Fsp3) is 0.368. The van der Waals surface area contributed by atoms with E-state index in [0.717, 1.165) is 37.3 Å². The lowest BCUT2D eigenvalue weighted by Crippen LogP contribution is -2.20. The molecule has 23 heavy (non-hydrogen) atoms. The molecule has 1 aromatic carbocycles. The molecule has 0 radical (unpaired) electrons. The minimum absolute atomic E-state index is 0.0356. The molecule has 1 aromatic rings. The van der Waals surface area contributed by atoms with Crippen molar-refractivity contribution in [3.05, 3.63) is 59.4 Å². The van der Waals surface area contributed by atoms with E-state index in [1.807, 2.05) is 18.5 Å². The average Bonchev–Trinajstić information content (AvgIpc) is 2.62. The van der Waals surface area contributed by atoms with E-state index in [2.05, 4.69) is 58.9 Å². The molecule has 0 amide bonds. The Balaban J connectivity index is 1.80. The second kappa shape index (κ2) is 7.88. The number of allylic oxidation sites excluding steroid dienone is 3. The maximum absolute atomic E-state index is 6.39. The van der Waals surface area contributed by atoms with Gasteiger partial charge in [-0.25, -0.2) is 0 Å². The lowest BCUT2D eigenvalue weighted by Gasteiger charge is -2.26. The van der Waals surface area contributed by atoms with Gasteiger partial charge in [0, 0.05) is 24.1 Å². The maximum atomic E-state index is 6.39. The van der Waals surface area contributed by atoms with Crippen LogP contribution in [0.15, 0.2) is 64.0 Å². The van der Waals surface area contributed by atoms with E-state index >= 15 is 0 Å². The summed E-state index contributed by atoms with van der Waals surface area (Å²) in [5.74, 6) is 1.21. The first-order chi connectivity index (χ1) is 11.4. The fourth-order valence-electron chi connectivity index (χ4n) is 2.87. The van der Waals surface area contributed by atoms with Crippen LogP contribution in [0, 0.1) is 5.92 Å². The van der Waals surface area contributed by atoms with Crippen LogP contribution < -0.4 is 5.32 Å². The summed E-state index contributed by atoms with van der Waals surface area (Å²) in [5.41, 5.74) is 2.34. The molecule has 1 aliphatic carbocycles. The fourth-order valence-corrected chi connectivity index (χ4v) is 2.87. The zero-order valence-corrected chi connectivity index (χ0v) is 13.5. The summed E-state index contributed by atoms with van der Waals surface area (Å²) in [4.78, 5) is 0. The minimum Gasteiger partial charge on any atom is -0.485 e. The van der Waals surface area contributed by atoms with Crippen LogP contribution >= 0.6 is 0 Å². The molecule has 120 valence electrons. The van der Waals surface area contributed by atoms with Crippen molar-refractivity contribution in [2.45, 2.75) is 25.9 Å². The molecule has 2 atom stereocenters. The lowest BCUT2D eigenvalue weighted by molar-refractivity contribution is 0.115. The number of nitrogens with one attached hydrogen (secondary N) is 1. The second-order valence-electron chi connectivity index (χ2n) is 5.73. The van der Waals surface area contributed by atoms with E-state index in [1.54, 1.807) is 0 Å². The van der Waals surface area contributed by atoms with E-state index in [-0.39, 0.29) is 12.0 Å². The number of rotatable bonds is 7. The third kappa shape index (κ3) is 3.96. The summed E-state index contributed by atoms with van der Waals surface area (Å²) >= 11 is 0. The van der Waals surface area contributed by atoms with Gasteiger partial charge < -0.3 is 10.1 Å². The van der Waals surface area contributed by atoms with Crippen molar-refractivity contribution in [2.75, 3.05) is 13.1 Å². The third-order valence-electron chi connectivity index (χ3n) is 4.13. The molecule has 1 heterocycles. The molecular formula is C19H23N3O. The Morgan fingerprint density at radius 3 is 2.96 bits per heavy atom. The molecule has 1 unspecified atom stereocenters. The standard InChI is InChI=1S/C19H23N3O/c1-2-20-12-11-18(15-7-4-3-5-8-15)23-19-10-6-9-16-13-21-22-14-17(16)19/h3-8,10,13-14,16,18,20H,2,9,11-12H2,1H3/t16?,18-/m1/s1. The zero-order valence-electron chi connectivity index (χ0n) is 13.5. The summed E-state index contributed by atoms with van der Waals surface area (Å²) in [6.45, 7) is 4.02. The smallest absolute Gasteiger partial charge is 0.125 e. The van der Waals surface area contributed by atoms with Gasteiger partial charge in [0.15, 0.2) is 0 Å². The Hall–Kier alpha value is -2.20. The predicted molar refractivity (Wildman–Crippen MR) is 94.7 cm³/mol. The number of nitrogens with zero attached hydrogens (tertiary/aromatic N) is 2. The van der Waals surface area contributed by atoms with Crippen LogP contribution in [0.3, 0.4) is 0 Å². The van der Waals surface area contributed by atoms with Crippen molar-refractivity contribution in [3.63, 3.8) is 0 Å². The topological polar surface area (TPSA) is 46.0 Å². The van der Waals surface area contributed by atoms with Gasteiger partial charge in [-0.05, 0) is 31.1 Å². The molecule has 1 N–H and O–H groups in total. The van der Waals surface area contributed by atoms with Gasteiger partial charge in [0.1, 0.15) is 11.9 Å². The molecular weight excluding hydrogens is 286 g/mol. The zero-order chi connectivity index (χ0) is 15.9. The summed E-state index contributed by atoms with van der Waals surface area (Å²) < 4.78 is 6.39. The summed E-state index contributed by atoms with van der Waals surface area (Å²) in [5, 5.41) is 11.4. The summed E-state index contributed by atoms with van der Waals surface area (Å²) in [7, 11) is 0. The van der Waals surface area contributed by atoms with Crippen molar-refractivity contribution < 1.29 is 4.74 Å². The Morgan fingerprint density at radius 2 is 2.13 bits per heavy atom. The average molecular weight is 309 g/mol. The van der Waals surface area contributed by atoms with E-state index in [9.17, 15) is 0 Å². The van der Waals surface area contributed by atoms with Gasteiger partial charge in [0.2, 0.25) is 0 Å². The van der Waals surface area contributed by atoms with Crippen LogP contribution in [0.4, 0.5) is 0 Å². The molecule has 0 saturated heterocycles. The van der Waals surface area contributed by atoms with Crippen LogP contribution in [-0.4, -0.2) is 25.5 Å². The van der Waals surface area contributed by atoms with Gasteiger partial charge in [-0.1, -0.05) is 43.3 Å². The highest BCUT2D eigenvalue weighted by Gasteiger charge is 2.23. The molecule has 0 fully saturated rings. The highest BCUT2D eigenvalue weighted by Crippen LogP contribution is 2.31. The number of fused-ring (bicyclic) bond motifs is 1. The van der Waals surface area contributed by atoms with Crippen molar-refractivity contribution in [3.8, 4) is 0 Å². The van der Waals surface area contributed by atoms with Crippen LogP contribution in [-0.2, 0) is 4.74 Å². The molecule has 4 heteroatoms. The molecule has 0 aromatic heterocycles. The van der Waals surface area contributed by atoms with Gasteiger partial charge in [-0.3, -0.25) is 0 Å². The second-order valence-corrected chi connectivity index (χ2v) is 5.73. The van der Waals surface area contributed by atoms with Crippen LogP contribution in [0.2, 0.25) is 0 Å². The molecule has 1 aliphatic heterocycles. The SMILES string of the molecule is CCNCC[C@@H](OC1=C2C=NN=CC2CC=C1)c1ccccc1. The third-order valence-corrected chi connectivity index (χ3v) is 4.13. The Kier molecular flexibility index (Phi) is 5.37. The molecule has 0 spiro atoms. The van der Waals surface area contributed by atoms with Gasteiger partial charge in [0.25, 0.3) is 0 Å². The number of hydrogen-bond acceptors (Lipinski definition) is 4. The quantitative estimate of drug-likeness (QED) is 0.782. The first-order valence-electron chi connectivity index (χ1n) is 8.28. The lowest BCUT2D eigenvalue weighted by atomic mass is 9.91. The summed E-state index contributed by atoms with van der Waals surface area (Å²) in [6, 6.07) is 10.4. The molecule has 0 bridgehead atoms. The molecule has 0 saturated carbocycles. The van der Waals surface area contributed by atoms with Crippen LogP contribution in [0.5, 0.6) is 0 Å². The molecule has 2 aliphatic rings. The minimum atomic E-state index is 0.0356. The number of ether oxygens (including phenoxy) is 1. The highest BCUT2D eigenvalue weighted by molar-refractivity contribution is 5.90. The van der Waals surface area contributed by atoms with E-state index in [4.69, 9.17) is 4.74 Å². The summed E-state index contributed by atoms with van der Waals surface area (Å²) in [6.07, 6.45) is 9.88. The van der Waals surface area contributed by atoms with Crippen molar-refractivity contribution in [2.24, 2.45) is 16.1 Å². The van der Waals surface area contributed by atoms with E-state index < -0.39 is 0 Å². The Morgan fingerprint density at radius 1 is 1.26 bits per heavy atom. The predicted octanol–water partition coefficient (Wildman–Crippen LogP) is 3.64. The normalized spacial score (nSPS) is 20.5. The van der Waals surface area contributed by atoms with Gasteiger partial charge in [-0.2, -0.15) is 10.2 Å². The largest absolute Gasteiger partial charge is 0.485 e. The Bertz CT molecular complexity index is 631. The van der Waals surface area contributed by atoms with Gasteiger partial charge in [-0.15, -0.1) is 0 Å². The van der Waals surface area contributed by atoms with E-state index in [0.29, 0.717) is 0 Å². The monoisotopic (exact) mass is 309 g/mol. The van der Waals surface area contributed by atoms with Crippen molar-refractivity contribution in [1.29, 1.82) is 0 Å². The number of hydrogen-bond donors (Lipinski definition) is 1. The van der Waals surface area contributed by atoms with Crippen molar-refractivity contribution >= 4 is 12.4 Å². The van der Waals surface area contributed by atoms with E-state index in [1.165, 1.54) is 5.56 Å². The first kappa shape index (κ1) is 15.7. The first-order valence-corrected chi connectivity index (χ1v) is 8.28. The Labute approximate surface area is 137 Å². The van der Waals surface area contributed by atoms with Crippen LogP contribution in [0.1, 0.15) is 31.4 Å². The van der Waals surface area contributed by atoms with Crippen molar-refractivity contribution in [1.82, 2.24) is 5.32 Å². The van der Waals surface area contributed by atoms with Crippen LogP contribution in [0.25, 0.3) is 0 Å². The van der Waals surface area contributed by atoms with Gasteiger partial charge in [0.05, 0.1) is 6.21 Å².